The highest BCUT2D eigenvalue weighted by Gasteiger charge is 2.62. The van der Waals surface area contributed by atoms with Gasteiger partial charge in [-0.05, 0) is 63.0 Å². The molecule has 0 bridgehead atoms. The first-order chi connectivity index (χ1) is 22.7. The smallest absolute Gasteiger partial charge is 0.408 e. The van der Waals surface area contributed by atoms with Crippen LogP contribution in [0, 0.1) is 11.3 Å². The van der Waals surface area contributed by atoms with Crippen LogP contribution in [-0.4, -0.2) is 83.2 Å². The molecule has 1 aromatic carbocycles. The van der Waals surface area contributed by atoms with E-state index in [-0.39, 0.29) is 30.4 Å². The van der Waals surface area contributed by atoms with Crippen LogP contribution in [0.15, 0.2) is 43.0 Å². The summed E-state index contributed by atoms with van der Waals surface area (Å²) in [5.41, 5.74) is -3.20. The van der Waals surface area contributed by atoms with Gasteiger partial charge in [-0.2, -0.15) is 0 Å². The van der Waals surface area contributed by atoms with Crippen molar-refractivity contribution in [1.82, 2.24) is 25.2 Å². The fraction of sp³-hybridized carbons (Fsp3) is 0.559. The first-order valence-corrected chi connectivity index (χ1v) is 18.2. The van der Waals surface area contributed by atoms with E-state index in [2.05, 4.69) is 26.9 Å². The van der Waals surface area contributed by atoms with Crippen LogP contribution < -0.4 is 20.1 Å². The molecule has 1 aliphatic heterocycles. The lowest BCUT2D eigenvalue weighted by atomic mass is 9.85. The van der Waals surface area contributed by atoms with Gasteiger partial charge in [0.1, 0.15) is 34.5 Å². The highest BCUT2D eigenvalue weighted by atomic mass is 35.5. The molecule has 2 saturated carbocycles. The van der Waals surface area contributed by atoms with Gasteiger partial charge < -0.3 is 25.0 Å². The van der Waals surface area contributed by atoms with E-state index in [9.17, 15) is 27.6 Å². The number of pyridine rings is 1. The number of ether oxygens (including phenoxy) is 2. The molecule has 2 aliphatic carbocycles. The number of halogens is 1. The molecular weight excluding hydrogens is 674 g/mol. The number of fused-ring (bicyclic) bond motifs is 1. The second kappa shape index (κ2) is 13.1. The summed E-state index contributed by atoms with van der Waals surface area (Å²) < 4.78 is 39.2. The Morgan fingerprint density at radius 3 is 2.39 bits per heavy atom. The topological polar surface area (TPSA) is 173 Å². The van der Waals surface area contributed by atoms with Gasteiger partial charge in [-0.25, -0.2) is 18.2 Å². The Morgan fingerprint density at radius 1 is 1.12 bits per heavy atom. The minimum Gasteiger partial charge on any atom is -0.472 e. The van der Waals surface area contributed by atoms with E-state index in [1.54, 1.807) is 47.6 Å². The Labute approximate surface area is 291 Å². The fourth-order valence-electron chi connectivity index (χ4n) is 6.02. The Kier molecular flexibility index (Phi) is 9.71. The van der Waals surface area contributed by atoms with E-state index in [0.717, 1.165) is 5.39 Å². The zero-order valence-corrected chi connectivity index (χ0v) is 30.1. The highest BCUT2D eigenvalue weighted by molar-refractivity contribution is 7.91. The molecule has 0 spiro atoms. The predicted molar refractivity (Wildman–Crippen MR) is 183 cm³/mol. The molecule has 3 aliphatic rings. The number of hydrogen-bond donors (Lipinski definition) is 3. The third-order valence-electron chi connectivity index (χ3n) is 8.82. The van der Waals surface area contributed by atoms with Crippen molar-refractivity contribution >= 4 is 56.2 Å². The van der Waals surface area contributed by atoms with Gasteiger partial charge in [0, 0.05) is 17.7 Å². The average Bonchev–Trinajstić information content (AvgIpc) is 3.91. The number of carbonyl (C=O) groups is 4. The van der Waals surface area contributed by atoms with Gasteiger partial charge in [-0.3, -0.25) is 19.1 Å². The summed E-state index contributed by atoms with van der Waals surface area (Å²) in [6.07, 6.45) is 0.988. The number of hydrogen-bond acceptors (Lipinski definition) is 9. The molecule has 13 nitrogen and oxygen atoms in total. The standard InChI is InChI=1S/C34H44ClN5O8S/c1-8-20-17-34(20,30(43)39-49(45,46)22-13-14-22)38-27(41)24-16-21(47-28-23-12-10-9-11-19(23)15-25(35)36-28)18-40(24)29(42)26(32(2,3)4)37-31(44)48-33(5,6)7/h8-12,15,20-22,24,26H,1,13-14,16-18H2,2-7H3,(H,37,44)(H,38,41)(H,39,43)/t20-,21-,24+,26-,34-/m1/s1. The molecule has 2 aromatic rings. The molecule has 0 radical (unpaired) electrons. The van der Waals surface area contributed by atoms with E-state index >= 15 is 0 Å². The Hall–Kier alpha value is -3.91. The van der Waals surface area contributed by atoms with Crippen LogP contribution in [-0.2, 0) is 29.1 Å². The van der Waals surface area contributed by atoms with Gasteiger partial charge in [0.15, 0.2) is 0 Å². The zero-order chi connectivity index (χ0) is 36.1. The number of carbonyl (C=O) groups excluding carboxylic acids is 4. The van der Waals surface area contributed by atoms with Gasteiger partial charge >= 0.3 is 6.09 Å². The number of likely N-dealkylation sites (tertiary alicyclic amines) is 1. The summed E-state index contributed by atoms with van der Waals surface area (Å²) in [6, 6.07) is 6.75. The summed E-state index contributed by atoms with van der Waals surface area (Å²) in [5, 5.41) is 6.46. The first kappa shape index (κ1) is 36.4. The van der Waals surface area contributed by atoms with Crippen molar-refractivity contribution in [3.8, 4) is 5.88 Å². The van der Waals surface area contributed by atoms with Crippen molar-refractivity contribution in [3.63, 3.8) is 0 Å². The van der Waals surface area contributed by atoms with Crippen molar-refractivity contribution < 1.29 is 37.1 Å². The zero-order valence-electron chi connectivity index (χ0n) is 28.5. The SMILES string of the molecule is C=C[C@@H]1C[C@]1(NC(=O)[C@@H]1C[C@@H](Oc2nc(Cl)cc3ccccc23)CN1C(=O)[C@@H](NC(=O)OC(C)(C)C)C(C)(C)C)C(=O)NS(=O)(=O)C1CC1. The van der Waals surface area contributed by atoms with Crippen LogP contribution in [0.5, 0.6) is 5.88 Å². The third kappa shape index (κ3) is 8.12. The first-order valence-electron chi connectivity index (χ1n) is 16.3. The number of alkyl carbamates (subject to hydrolysis) is 1. The molecule has 3 N–H and O–H groups in total. The molecular formula is C34H44ClN5O8S. The number of amides is 4. The molecule has 15 heteroatoms. The minimum absolute atomic E-state index is 0.000220. The maximum absolute atomic E-state index is 14.4. The van der Waals surface area contributed by atoms with Gasteiger partial charge in [0.2, 0.25) is 27.7 Å². The predicted octanol–water partition coefficient (Wildman–Crippen LogP) is 3.85. The van der Waals surface area contributed by atoms with Crippen LogP contribution in [0.2, 0.25) is 5.15 Å². The molecule has 1 saturated heterocycles. The van der Waals surface area contributed by atoms with Crippen molar-refractivity contribution in [3.05, 3.63) is 48.1 Å². The van der Waals surface area contributed by atoms with E-state index in [4.69, 9.17) is 21.1 Å². The molecule has 0 unspecified atom stereocenters. The van der Waals surface area contributed by atoms with E-state index < -0.39 is 79.7 Å². The molecule has 5 atom stereocenters. The fourth-order valence-corrected chi connectivity index (χ4v) is 7.58. The quantitative estimate of drug-likeness (QED) is 0.244. The van der Waals surface area contributed by atoms with Crippen LogP contribution >= 0.6 is 11.6 Å². The van der Waals surface area contributed by atoms with Crippen LogP contribution in [0.1, 0.15) is 67.2 Å². The largest absolute Gasteiger partial charge is 0.472 e. The van der Waals surface area contributed by atoms with Crippen LogP contribution in [0.4, 0.5) is 4.79 Å². The maximum Gasteiger partial charge on any atom is 0.408 e. The van der Waals surface area contributed by atoms with Gasteiger partial charge in [-0.1, -0.05) is 56.6 Å². The highest BCUT2D eigenvalue weighted by Crippen LogP contribution is 2.45. The van der Waals surface area contributed by atoms with Crippen molar-refractivity contribution in [2.45, 2.75) is 102 Å². The maximum atomic E-state index is 14.4. The number of aromatic nitrogens is 1. The number of sulfonamides is 1. The number of nitrogens with one attached hydrogen (secondary N) is 3. The van der Waals surface area contributed by atoms with Crippen LogP contribution in [0.25, 0.3) is 10.8 Å². The molecule has 3 fully saturated rings. The summed E-state index contributed by atoms with van der Waals surface area (Å²) in [5.74, 6) is -2.41. The normalized spacial score (nSPS) is 24.5. The lowest BCUT2D eigenvalue weighted by Gasteiger charge is -2.36. The van der Waals surface area contributed by atoms with E-state index in [0.29, 0.717) is 18.2 Å². The van der Waals surface area contributed by atoms with Gasteiger partial charge in [0.05, 0.1) is 11.8 Å². The number of benzene rings is 1. The monoisotopic (exact) mass is 717 g/mol. The molecule has 4 amide bonds. The summed E-state index contributed by atoms with van der Waals surface area (Å²) >= 11 is 6.30. The second-order valence-electron chi connectivity index (χ2n) is 15.1. The summed E-state index contributed by atoms with van der Waals surface area (Å²) in [6.45, 7) is 14.1. The molecule has 266 valence electrons. The lowest BCUT2D eigenvalue weighted by Crippen LogP contribution is -2.60. The third-order valence-corrected chi connectivity index (χ3v) is 10.8. The van der Waals surface area contributed by atoms with Crippen LogP contribution in [0.3, 0.4) is 0 Å². The molecule has 2 heterocycles. The summed E-state index contributed by atoms with van der Waals surface area (Å²) in [7, 11) is -3.90. The van der Waals surface area contributed by atoms with E-state index in [1.807, 2.05) is 24.3 Å². The molecule has 5 rings (SSSR count). The van der Waals surface area contributed by atoms with Gasteiger partial charge in [-0.15, -0.1) is 6.58 Å². The Bertz CT molecular complexity index is 1780. The van der Waals surface area contributed by atoms with Gasteiger partial charge in [0.25, 0.3) is 5.91 Å². The summed E-state index contributed by atoms with van der Waals surface area (Å²) in [4.78, 5) is 60.5. The molecule has 49 heavy (non-hydrogen) atoms. The van der Waals surface area contributed by atoms with Crippen molar-refractivity contribution in [2.24, 2.45) is 11.3 Å². The lowest BCUT2D eigenvalue weighted by molar-refractivity contribution is -0.143. The van der Waals surface area contributed by atoms with E-state index in [1.165, 1.54) is 11.0 Å². The number of nitrogens with zero attached hydrogens (tertiary/aromatic N) is 2. The molecule has 1 aromatic heterocycles. The second-order valence-corrected chi connectivity index (χ2v) is 17.4. The number of rotatable bonds is 10. The Balaban J connectivity index is 1.45. The van der Waals surface area contributed by atoms with Crippen molar-refractivity contribution in [2.75, 3.05) is 6.54 Å². The van der Waals surface area contributed by atoms with Crippen molar-refractivity contribution in [1.29, 1.82) is 0 Å². The average molecular weight is 718 g/mol. The minimum atomic E-state index is -3.90. The Morgan fingerprint density at radius 2 is 1.80 bits per heavy atom.